The molecule has 0 saturated carbocycles. The first-order valence-electron chi connectivity index (χ1n) is 10.4. The van der Waals surface area contributed by atoms with Gasteiger partial charge in [0.2, 0.25) is 5.91 Å². The Balaban J connectivity index is 1.15. The van der Waals surface area contributed by atoms with Crippen molar-refractivity contribution in [2.75, 3.05) is 19.7 Å². The van der Waals surface area contributed by atoms with Gasteiger partial charge in [0.25, 0.3) is 5.91 Å². The Kier molecular flexibility index (Phi) is 5.14. The zero-order valence-corrected chi connectivity index (χ0v) is 17.2. The summed E-state index contributed by atoms with van der Waals surface area (Å²) in [7, 11) is 0. The fourth-order valence-corrected chi connectivity index (χ4v) is 3.98. The average Bonchev–Trinajstić information content (AvgIpc) is 3.34. The maximum Gasteiger partial charge on any atom is 0.325 e. The van der Waals surface area contributed by atoms with Gasteiger partial charge in [0.15, 0.2) is 11.5 Å². The van der Waals surface area contributed by atoms with E-state index in [0.717, 1.165) is 21.4 Å². The zero-order chi connectivity index (χ0) is 22.1. The predicted molar refractivity (Wildman–Crippen MR) is 115 cm³/mol. The Hall–Kier alpha value is -4.01. The van der Waals surface area contributed by atoms with Gasteiger partial charge in [-0.15, -0.1) is 0 Å². The van der Waals surface area contributed by atoms with Crippen LogP contribution in [0, 0.1) is 0 Å². The zero-order valence-electron chi connectivity index (χ0n) is 17.2. The van der Waals surface area contributed by atoms with Crippen LogP contribution in [0.3, 0.4) is 0 Å². The van der Waals surface area contributed by atoms with Crippen LogP contribution in [-0.4, -0.2) is 59.6 Å². The molecule has 0 bridgehead atoms. The van der Waals surface area contributed by atoms with Crippen molar-refractivity contribution in [1.82, 2.24) is 20.5 Å². The molecule has 5 rings (SSSR count). The van der Waals surface area contributed by atoms with Crippen molar-refractivity contribution < 1.29 is 23.9 Å². The lowest BCUT2D eigenvalue weighted by Gasteiger charge is -2.26. The molecule has 0 aliphatic carbocycles. The number of urea groups is 1. The van der Waals surface area contributed by atoms with Crippen molar-refractivity contribution in [2.24, 2.45) is 0 Å². The van der Waals surface area contributed by atoms with Gasteiger partial charge in [0.1, 0.15) is 25.3 Å². The third-order valence-corrected chi connectivity index (χ3v) is 5.60. The van der Waals surface area contributed by atoms with Crippen LogP contribution in [0.5, 0.6) is 11.5 Å². The summed E-state index contributed by atoms with van der Waals surface area (Å²) in [5.41, 5.74) is 1.90. The molecule has 32 heavy (non-hydrogen) atoms. The molecule has 0 spiro atoms. The number of para-hydroxylation sites is 3. The largest absolute Gasteiger partial charge is 0.486 e. The minimum absolute atomic E-state index is 0.204. The van der Waals surface area contributed by atoms with E-state index in [1.54, 1.807) is 6.07 Å². The van der Waals surface area contributed by atoms with Gasteiger partial charge in [-0.25, -0.2) is 4.79 Å². The fraction of sp³-hybridized carbons (Fsp3) is 0.261. The van der Waals surface area contributed by atoms with Crippen LogP contribution in [0.1, 0.15) is 5.56 Å². The highest BCUT2D eigenvalue weighted by Gasteiger charge is 2.39. The fourth-order valence-electron chi connectivity index (χ4n) is 3.98. The van der Waals surface area contributed by atoms with Crippen molar-refractivity contribution in [1.29, 1.82) is 0 Å². The van der Waals surface area contributed by atoms with Crippen molar-refractivity contribution in [3.8, 4) is 11.5 Å². The monoisotopic (exact) mass is 434 g/mol. The minimum Gasteiger partial charge on any atom is -0.486 e. The van der Waals surface area contributed by atoms with Crippen molar-refractivity contribution in [2.45, 2.75) is 18.6 Å². The number of fused-ring (bicyclic) bond motifs is 2. The topological polar surface area (TPSA) is 113 Å². The second-order valence-electron chi connectivity index (χ2n) is 7.79. The van der Waals surface area contributed by atoms with Crippen molar-refractivity contribution in [3.05, 3.63) is 60.3 Å². The number of benzene rings is 2. The summed E-state index contributed by atoms with van der Waals surface area (Å²) in [6.45, 7) is 0.155. The highest BCUT2D eigenvalue weighted by atomic mass is 16.6. The number of nitrogens with one attached hydrogen (secondary N) is 3. The molecular weight excluding hydrogens is 412 g/mol. The van der Waals surface area contributed by atoms with Gasteiger partial charge in [-0.05, 0) is 23.8 Å². The first-order valence-corrected chi connectivity index (χ1v) is 10.4. The summed E-state index contributed by atoms with van der Waals surface area (Å²) in [6, 6.07) is 13.8. The van der Waals surface area contributed by atoms with E-state index in [4.69, 9.17) is 9.47 Å². The Morgan fingerprint density at radius 3 is 2.75 bits per heavy atom. The van der Waals surface area contributed by atoms with Crippen molar-refractivity contribution >= 4 is 28.7 Å². The molecule has 2 aliphatic heterocycles. The number of hydrogen-bond donors (Lipinski definition) is 3. The lowest BCUT2D eigenvalue weighted by atomic mass is 10.1. The Labute approximate surface area is 183 Å². The SMILES string of the molecule is O=C(CN1C(=O)N[C@H](Cc2c[nH]c3ccccc23)C1=O)NC[C@H]1COc2ccccc2O1. The molecule has 2 aliphatic rings. The maximum absolute atomic E-state index is 12.8. The Bertz CT molecular complexity index is 1190. The highest BCUT2D eigenvalue weighted by molar-refractivity contribution is 6.06. The molecule has 4 amide bonds. The third-order valence-electron chi connectivity index (χ3n) is 5.60. The van der Waals surface area contributed by atoms with Crippen LogP contribution >= 0.6 is 0 Å². The molecule has 1 fully saturated rings. The lowest BCUT2D eigenvalue weighted by Crippen LogP contribution is -2.45. The van der Waals surface area contributed by atoms with Crippen LogP contribution in [0.15, 0.2) is 54.7 Å². The third kappa shape index (κ3) is 3.84. The first-order chi connectivity index (χ1) is 15.6. The number of aromatic nitrogens is 1. The van der Waals surface area contributed by atoms with Gasteiger partial charge in [0, 0.05) is 23.5 Å². The number of carbonyl (C=O) groups excluding carboxylic acids is 3. The summed E-state index contributed by atoms with van der Waals surface area (Å²) < 4.78 is 11.4. The summed E-state index contributed by atoms with van der Waals surface area (Å²) in [4.78, 5) is 41.6. The van der Waals surface area contributed by atoms with Crippen molar-refractivity contribution in [3.63, 3.8) is 0 Å². The molecule has 0 radical (unpaired) electrons. The number of rotatable bonds is 6. The summed E-state index contributed by atoms with van der Waals surface area (Å²) >= 11 is 0. The number of H-pyrrole nitrogens is 1. The number of ether oxygens (including phenoxy) is 2. The molecule has 9 nitrogen and oxygen atoms in total. The second-order valence-corrected chi connectivity index (χ2v) is 7.79. The van der Waals surface area contributed by atoms with Crippen LogP contribution in [0.25, 0.3) is 10.9 Å². The summed E-state index contributed by atoms with van der Waals surface area (Å²) in [6.07, 6.45) is 1.83. The molecule has 3 heterocycles. The number of hydrogen-bond acceptors (Lipinski definition) is 5. The van der Waals surface area contributed by atoms with Crippen LogP contribution in [-0.2, 0) is 16.0 Å². The molecule has 3 N–H and O–H groups in total. The maximum atomic E-state index is 12.8. The smallest absolute Gasteiger partial charge is 0.325 e. The molecule has 3 aromatic rings. The van der Waals surface area contributed by atoms with E-state index in [1.807, 2.05) is 48.7 Å². The quantitative estimate of drug-likeness (QED) is 0.510. The number of carbonyl (C=O) groups is 3. The number of amides is 4. The second kappa shape index (κ2) is 8.26. The van der Waals surface area contributed by atoms with Crippen LogP contribution < -0.4 is 20.1 Å². The predicted octanol–water partition coefficient (Wildman–Crippen LogP) is 1.59. The lowest BCUT2D eigenvalue weighted by molar-refractivity contribution is -0.132. The summed E-state index contributed by atoms with van der Waals surface area (Å²) in [5.74, 6) is 0.424. The summed E-state index contributed by atoms with van der Waals surface area (Å²) in [5, 5.41) is 6.39. The van der Waals surface area contributed by atoms with E-state index in [9.17, 15) is 14.4 Å². The van der Waals surface area contributed by atoms with E-state index in [2.05, 4.69) is 15.6 Å². The Morgan fingerprint density at radius 2 is 1.88 bits per heavy atom. The first kappa shape index (κ1) is 19.9. The molecular formula is C23H22N4O5. The minimum atomic E-state index is -0.707. The molecule has 9 heteroatoms. The van der Waals surface area contributed by atoms with Gasteiger partial charge < -0.3 is 25.1 Å². The number of aromatic amines is 1. The number of nitrogens with zero attached hydrogens (tertiary/aromatic N) is 1. The van der Waals surface area contributed by atoms with Gasteiger partial charge >= 0.3 is 6.03 Å². The van der Waals surface area contributed by atoms with Gasteiger partial charge in [0.05, 0.1) is 6.54 Å². The molecule has 2 atom stereocenters. The molecule has 2 aromatic carbocycles. The normalized spacial score (nSPS) is 19.8. The van der Waals surface area contributed by atoms with E-state index >= 15 is 0 Å². The number of imide groups is 1. The van der Waals surface area contributed by atoms with Gasteiger partial charge in [-0.1, -0.05) is 30.3 Å². The standard InChI is InChI=1S/C23H22N4O5/c28-21(25-11-15-13-31-19-7-3-4-8-20(19)32-15)12-27-22(29)18(26-23(27)30)9-14-10-24-17-6-2-1-5-16(14)17/h1-8,10,15,18,24H,9,11-13H2,(H,25,28)(H,26,30)/t15-,18+/m0/s1. The molecule has 0 unspecified atom stereocenters. The van der Waals surface area contributed by atoms with Gasteiger partial charge in [-0.2, -0.15) is 0 Å². The highest BCUT2D eigenvalue weighted by Crippen LogP contribution is 2.30. The van der Waals surface area contributed by atoms with E-state index in [-0.39, 0.29) is 19.2 Å². The van der Waals surface area contributed by atoms with Gasteiger partial charge in [-0.3, -0.25) is 14.5 Å². The molecule has 1 aromatic heterocycles. The van der Waals surface area contributed by atoms with Crippen LogP contribution in [0.4, 0.5) is 4.79 Å². The van der Waals surface area contributed by atoms with E-state index in [0.29, 0.717) is 24.5 Å². The average molecular weight is 434 g/mol. The molecule has 1 saturated heterocycles. The Morgan fingerprint density at radius 1 is 1.09 bits per heavy atom. The molecule has 164 valence electrons. The van der Waals surface area contributed by atoms with E-state index in [1.165, 1.54) is 0 Å². The van der Waals surface area contributed by atoms with Crippen LogP contribution in [0.2, 0.25) is 0 Å². The van der Waals surface area contributed by atoms with E-state index < -0.39 is 23.9 Å².